The van der Waals surface area contributed by atoms with Gasteiger partial charge in [-0.15, -0.1) is 0 Å². The summed E-state index contributed by atoms with van der Waals surface area (Å²) in [5.74, 6) is -0.773. The van der Waals surface area contributed by atoms with Crippen LogP contribution in [0, 0.1) is 0 Å². The third kappa shape index (κ3) is 2.82. The molecule has 0 saturated carbocycles. The van der Waals surface area contributed by atoms with E-state index in [1.54, 1.807) is 22.9 Å². The molecule has 0 saturated heterocycles. The van der Waals surface area contributed by atoms with Gasteiger partial charge < -0.3 is 5.32 Å². The quantitative estimate of drug-likeness (QED) is 0.867. The first kappa shape index (κ1) is 16.9. The number of amides is 3. The second kappa shape index (κ2) is 6.16. The lowest BCUT2D eigenvalue weighted by atomic mass is 10.1. The van der Waals surface area contributed by atoms with Crippen LogP contribution in [0.25, 0.3) is 0 Å². The molecule has 1 N–H and O–H groups in total. The molecule has 0 radical (unpaired) electrons. The SMILES string of the molecule is CCn1nc(C(C)C)cc1C(=O)Nc1ccc2c(c1)C(=O)N(C)C2=O. The van der Waals surface area contributed by atoms with Crippen LogP contribution >= 0.6 is 0 Å². The van der Waals surface area contributed by atoms with Gasteiger partial charge in [0.05, 0.1) is 16.8 Å². The summed E-state index contributed by atoms with van der Waals surface area (Å²) in [6, 6.07) is 6.49. The fourth-order valence-electron chi connectivity index (χ4n) is 2.78. The smallest absolute Gasteiger partial charge is 0.273 e. The normalized spacial score (nSPS) is 13.6. The molecule has 130 valence electrons. The van der Waals surface area contributed by atoms with E-state index >= 15 is 0 Å². The molecule has 0 unspecified atom stereocenters. The second-order valence-electron chi connectivity index (χ2n) is 6.31. The van der Waals surface area contributed by atoms with Gasteiger partial charge >= 0.3 is 0 Å². The van der Waals surface area contributed by atoms with Gasteiger partial charge in [-0.2, -0.15) is 5.10 Å². The largest absolute Gasteiger partial charge is 0.321 e. The first-order chi connectivity index (χ1) is 11.8. The molecule has 7 heteroatoms. The minimum atomic E-state index is -0.364. The van der Waals surface area contributed by atoms with E-state index in [4.69, 9.17) is 0 Å². The first-order valence-electron chi connectivity index (χ1n) is 8.19. The minimum Gasteiger partial charge on any atom is -0.321 e. The lowest BCUT2D eigenvalue weighted by Crippen LogP contribution is -2.24. The Bertz CT molecular complexity index is 882. The Hall–Kier alpha value is -2.96. The number of rotatable bonds is 4. The molecule has 1 aliphatic heterocycles. The predicted molar refractivity (Wildman–Crippen MR) is 92.8 cm³/mol. The van der Waals surface area contributed by atoms with E-state index in [9.17, 15) is 14.4 Å². The van der Waals surface area contributed by atoms with Crippen molar-refractivity contribution in [2.24, 2.45) is 0 Å². The molecule has 0 bridgehead atoms. The van der Waals surface area contributed by atoms with Crippen LogP contribution in [0.3, 0.4) is 0 Å². The maximum absolute atomic E-state index is 12.6. The van der Waals surface area contributed by atoms with Gasteiger partial charge in [-0.05, 0) is 37.1 Å². The Balaban J connectivity index is 1.88. The van der Waals surface area contributed by atoms with Crippen molar-refractivity contribution in [3.05, 3.63) is 46.8 Å². The van der Waals surface area contributed by atoms with Crippen molar-refractivity contribution in [1.82, 2.24) is 14.7 Å². The summed E-state index contributed by atoms with van der Waals surface area (Å²) >= 11 is 0. The van der Waals surface area contributed by atoms with Crippen molar-refractivity contribution in [3.8, 4) is 0 Å². The number of carbonyl (C=O) groups excluding carboxylic acids is 3. The van der Waals surface area contributed by atoms with E-state index in [1.807, 2.05) is 20.8 Å². The van der Waals surface area contributed by atoms with E-state index in [2.05, 4.69) is 10.4 Å². The van der Waals surface area contributed by atoms with Crippen LogP contribution in [0.5, 0.6) is 0 Å². The van der Waals surface area contributed by atoms with E-state index < -0.39 is 0 Å². The van der Waals surface area contributed by atoms with Crippen LogP contribution in [0.4, 0.5) is 5.69 Å². The lowest BCUT2D eigenvalue weighted by molar-refractivity contribution is 0.0692. The van der Waals surface area contributed by atoms with Crippen molar-refractivity contribution >= 4 is 23.4 Å². The highest BCUT2D eigenvalue weighted by molar-refractivity contribution is 6.21. The lowest BCUT2D eigenvalue weighted by Gasteiger charge is -2.07. The molecule has 1 aromatic carbocycles. The molecule has 0 fully saturated rings. The molecule has 3 amide bonds. The molecule has 1 aliphatic rings. The van der Waals surface area contributed by atoms with Crippen molar-refractivity contribution in [2.45, 2.75) is 33.2 Å². The molecular formula is C18H20N4O3. The molecule has 7 nitrogen and oxygen atoms in total. The molecule has 2 aromatic rings. The van der Waals surface area contributed by atoms with Gasteiger partial charge in [0, 0.05) is 19.3 Å². The number of carbonyl (C=O) groups is 3. The van der Waals surface area contributed by atoms with Crippen molar-refractivity contribution in [3.63, 3.8) is 0 Å². The zero-order valence-electron chi connectivity index (χ0n) is 14.7. The average molecular weight is 340 g/mol. The van der Waals surface area contributed by atoms with Crippen LogP contribution in [-0.2, 0) is 6.54 Å². The maximum atomic E-state index is 12.6. The van der Waals surface area contributed by atoms with Crippen molar-refractivity contribution in [2.75, 3.05) is 12.4 Å². The number of nitrogens with one attached hydrogen (secondary N) is 1. The van der Waals surface area contributed by atoms with Gasteiger partial charge in [-0.1, -0.05) is 13.8 Å². The summed E-state index contributed by atoms with van der Waals surface area (Å²) < 4.78 is 1.65. The number of nitrogens with zero attached hydrogens (tertiary/aromatic N) is 3. The van der Waals surface area contributed by atoms with Gasteiger partial charge in [0.2, 0.25) is 0 Å². The first-order valence-corrected chi connectivity index (χ1v) is 8.19. The van der Waals surface area contributed by atoms with E-state index in [0.29, 0.717) is 29.1 Å². The zero-order chi connectivity index (χ0) is 18.3. The molecule has 0 atom stereocenters. The molecule has 25 heavy (non-hydrogen) atoms. The number of imide groups is 1. The van der Waals surface area contributed by atoms with Crippen molar-refractivity contribution in [1.29, 1.82) is 0 Å². The molecule has 2 heterocycles. The van der Waals surface area contributed by atoms with Crippen LogP contribution in [0.1, 0.15) is 63.6 Å². The third-order valence-electron chi connectivity index (χ3n) is 4.27. The monoisotopic (exact) mass is 340 g/mol. The van der Waals surface area contributed by atoms with Gasteiger partial charge in [0.25, 0.3) is 17.7 Å². The molecular weight excluding hydrogens is 320 g/mol. The Kier molecular flexibility index (Phi) is 4.16. The zero-order valence-corrected chi connectivity index (χ0v) is 14.7. The van der Waals surface area contributed by atoms with Crippen LogP contribution in [0.2, 0.25) is 0 Å². The molecule has 0 spiro atoms. The van der Waals surface area contributed by atoms with Gasteiger partial charge in [-0.25, -0.2) is 0 Å². The highest BCUT2D eigenvalue weighted by Gasteiger charge is 2.32. The fraction of sp³-hybridized carbons (Fsp3) is 0.333. The number of hydrogen-bond acceptors (Lipinski definition) is 4. The number of hydrogen-bond donors (Lipinski definition) is 1. The molecule has 1 aromatic heterocycles. The Labute approximate surface area is 145 Å². The highest BCUT2D eigenvalue weighted by Crippen LogP contribution is 2.25. The average Bonchev–Trinajstić information content (AvgIpc) is 3.12. The maximum Gasteiger partial charge on any atom is 0.273 e. The predicted octanol–water partition coefficient (Wildman–Crippen LogP) is 2.50. The fourth-order valence-corrected chi connectivity index (χ4v) is 2.78. The Morgan fingerprint density at radius 2 is 1.84 bits per heavy atom. The summed E-state index contributed by atoms with van der Waals surface area (Å²) in [7, 11) is 1.44. The third-order valence-corrected chi connectivity index (χ3v) is 4.27. The summed E-state index contributed by atoms with van der Waals surface area (Å²) in [6.45, 7) is 6.54. The summed E-state index contributed by atoms with van der Waals surface area (Å²) in [4.78, 5) is 37.7. The minimum absolute atomic E-state index is 0.221. The van der Waals surface area contributed by atoms with E-state index in [1.165, 1.54) is 13.1 Å². The Morgan fingerprint density at radius 1 is 1.16 bits per heavy atom. The number of benzene rings is 1. The summed E-state index contributed by atoms with van der Waals surface area (Å²) in [5.41, 5.74) is 2.44. The van der Waals surface area contributed by atoms with E-state index in [-0.39, 0.29) is 23.6 Å². The van der Waals surface area contributed by atoms with Gasteiger partial charge in [0.15, 0.2) is 0 Å². The molecule has 3 rings (SSSR count). The highest BCUT2D eigenvalue weighted by atomic mass is 16.2. The number of fused-ring (bicyclic) bond motifs is 1. The standard InChI is InChI=1S/C18H20N4O3/c1-5-22-15(9-14(20-22)10(2)3)16(23)19-11-6-7-12-13(8-11)18(25)21(4)17(12)24/h6-10H,5H2,1-4H3,(H,19,23). The number of aromatic nitrogens is 2. The Morgan fingerprint density at radius 3 is 2.48 bits per heavy atom. The van der Waals surface area contributed by atoms with Crippen molar-refractivity contribution < 1.29 is 14.4 Å². The van der Waals surface area contributed by atoms with Crippen LogP contribution in [-0.4, -0.2) is 39.4 Å². The second-order valence-corrected chi connectivity index (χ2v) is 6.31. The van der Waals surface area contributed by atoms with Gasteiger partial charge in [-0.3, -0.25) is 24.0 Å². The number of anilines is 1. The topological polar surface area (TPSA) is 84.3 Å². The summed E-state index contributed by atoms with van der Waals surface area (Å²) in [5, 5.41) is 7.21. The molecule has 0 aliphatic carbocycles. The number of aryl methyl sites for hydroxylation is 1. The van der Waals surface area contributed by atoms with Crippen LogP contribution in [0.15, 0.2) is 24.3 Å². The van der Waals surface area contributed by atoms with Crippen LogP contribution < -0.4 is 5.32 Å². The van der Waals surface area contributed by atoms with E-state index in [0.717, 1.165) is 10.6 Å². The van der Waals surface area contributed by atoms with Gasteiger partial charge in [0.1, 0.15) is 5.69 Å². The summed E-state index contributed by atoms with van der Waals surface area (Å²) in [6.07, 6.45) is 0.